The van der Waals surface area contributed by atoms with Crippen LogP contribution >= 0.6 is 0 Å². The lowest BCUT2D eigenvalue weighted by Crippen LogP contribution is -2.59. The molecule has 0 atom stereocenters. The maximum atomic E-state index is 13.1. The molecule has 4 aliphatic rings. The normalized spacial score (nSPS) is 29.7. The lowest BCUT2D eigenvalue weighted by Gasteiger charge is -2.56. The number of hydrogen-bond acceptors (Lipinski definition) is 3. The van der Waals surface area contributed by atoms with E-state index in [9.17, 15) is 17.6 Å². The highest BCUT2D eigenvalue weighted by Crippen LogP contribution is 2.55. The first-order chi connectivity index (χ1) is 14.3. The lowest BCUT2D eigenvalue weighted by atomic mass is 9.53. The van der Waals surface area contributed by atoms with Gasteiger partial charge in [-0.05, 0) is 105 Å². The minimum absolute atomic E-state index is 0.177. The molecule has 0 heterocycles. The Kier molecular flexibility index (Phi) is 4.71. The van der Waals surface area contributed by atoms with Gasteiger partial charge in [0.1, 0.15) is 5.82 Å². The third kappa shape index (κ3) is 3.76. The third-order valence-corrected chi connectivity index (χ3v) is 8.51. The monoisotopic (exact) mass is 428 g/mol. The first kappa shape index (κ1) is 19.7. The summed E-state index contributed by atoms with van der Waals surface area (Å²) in [6.45, 7) is 0. The summed E-state index contributed by atoms with van der Waals surface area (Å²) in [6.07, 6.45) is 6.57. The summed E-state index contributed by atoms with van der Waals surface area (Å²) in [4.78, 5) is 12.6. The number of benzene rings is 2. The maximum Gasteiger partial charge on any atom is 0.255 e. The Morgan fingerprint density at radius 1 is 0.867 bits per heavy atom. The van der Waals surface area contributed by atoms with Gasteiger partial charge in [0.2, 0.25) is 10.0 Å². The molecule has 5 nitrogen and oxygen atoms in total. The number of carbonyl (C=O) groups is 1. The average Bonchev–Trinajstić information content (AvgIpc) is 2.68. The number of hydrogen-bond donors (Lipinski definition) is 2. The van der Waals surface area contributed by atoms with Crippen LogP contribution in [-0.4, -0.2) is 19.9 Å². The van der Waals surface area contributed by atoms with Gasteiger partial charge in [-0.3, -0.25) is 4.79 Å². The Bertz CT molecular complexity index is 1030. The molecular formula is C23H25FN2O3S. The molecule has 158 valence electrons. The van der Waals surface area contributed by atoms with Gasteiger partial charge in [0.05, 0.1) is 4.90 Å². The van der Waals surface area contributed by atoms with E-state index in [1.54, 1.807) is 0 Å². The van der Waals surface area contributed by atoms with Gasteiger partial charge in [0.25, 0.3) is 5.91 Å². The van der Waals surface area contributed by atoms with Crippen LogP contribution in [0, 0.1) is 23.6 Å². The molecule has 4 bridgehead atoms. The van der Waals surface area contributed by atoms with Crippen LogP contribution < -0.4 is 10.0 Å². The van der Waals surface area contributed by atoms with Gasteiger partial charge < -0.3 is 5.32 Å². The molecule has 0 saturated heterocycles. The molecule has 0 spiro atoms. The number of rotatable bonds is 5. The van der Waals surface area contributed by atoms with E-state index in [0.717, 1.165) is 19.3 Å². The highest BCUT2D eigenvalue weighted by atomic mass is 32.2. The van der Waals surface area contributed by atoms with E-state index in [1.807, 2.05) is 0 Å². The zero-order valence-electron chi connectivity index (χ0n) is 16.6. The van der Waals surface area contributed by atoms with Gasteiger partial charge >= 0.3 is 0 Å². The molecule has 0 unspecified atom stereocenters. The second-order valence-corrected chi connectivity index (χ2v) is 11.0. The quantitative estimate of drug-likeness (QED) is 0.745. The van der Waals surface area contributed by atoms with Gasteiger partial charge in [-0.25, -0.2) is 17.5 Å². The molecule has 2 aromatic carbocycles. The van der Waals surface area contributed by atoms with Crippen LogP contribution in [0.2, 0.25) is 0 Å². The van der Waals surface area contributed by atoms with Crippen molar-refractivity contribution in [2.45, 2.75) is 49.0 Å². The molecule has 2 N–H and O–H groups in total. The third-order valence-electron chi connectivity index (χ3n) is 6.92. The Morgan fingerprint density at radius 3 is 1.93 bits per heavy atom. The molecule has 7 heteroatoms. The minimum Gasteiger partial charge on any atom is -0.322 e. The van der Waals surface area contributed by atoms with Gasteiger partial charge in [0, 0.05) is 16.8 Å². The predicted molar refractivity (Wildman–Crippen MR) is 112 cm³/mol. The average molecular weight is 429 g/mol. The topological polar surface area (TPSA) is 75.3 Å². The number of sulfonamides is 1. The summed E-state index contributed by atoms with van der Waals surface area (Å²) >= 11 is 0. The van der Waals surface area contributed by atoms with Crippen molar-refractivity contribution in [3.63, 3.8) is 0 Å². The molecular weight excluding hydrogens is 403 g/mol. The van der Waals surface area contributed by atoms with E-state index < -0.39 is 10.0 Å². The number of nitrogens with one attached hydrogen (secondary N) is 2. The number of carbonyl (C=O) groups excluding carboxylic acids is 1. The highest BCUT2D eigenvalue weighted by molar-refractivity contribution is 7.89. The van der Waals surface area contributed by atoms with Crippen molar-refractivity contribution in [1.82, 2.24) is 4.72 Å². The van der Waals surface area contributed by atoms with Crippen LogP contribution in [0.1, 0.15) is 48.9 Å². The Labute approximate surface area is 176 Å². The summed E-state index contributed by atoms with van der Waals surface area (Å²) < 4.78 is 42.2. The Hall–Kier alpha value is -2.25. The minimum atomic E-state index is -3.65. The van der Waals surface area contributed by atoms with Crippen LogP contribution in [0.4, 0.5) is 10.1 Å². The van der Waals surface area contributed by atoms with Gasteiger partial charge in [-0.15, -0.1) is 0 Å². The first-order valence-corrected chi connectivity index (χ1v) is 12.0. The number of amides is 1. The molecule has 0 radical (unpaired) electrons. The maximum absolute atomic E-state index is 13.1. The zero-order valence-corrected chi connectivity index (χ0v) is 17.4. The van der Waals surface area contributed by atoms with Crippen molar-refractivity contribution >= 4 is 21.6 Å². The molecule has 0 aromatic heterocycles. The largest absolute Gasteiger partial charge is 0.322 e. The predicted octanol–water partition coefficient (Wildman–Crippen LogP) is 4.33. The Balaban J connectivity index is 1.30. The van der Waals surface area contributed by atoms with Crippen molar-refractivity contribution < 1.29 is 17.6 Å². The van der Waals surface area contributed by atoms with E-state index in [-0.39, 0.29) is 22.2 Å². The molecule has 30 heavy (non-hydrogen) atoms. The molecule has 0 aliphatic heterocycles. The van der Waals surface area contributed by atoms with E-state index in [1.165, 1.54) is 67.8 Å². The van der Waals surface area contributed by atoms with Crippen LogP contribution in [0.15, 0.2) is 53.4 Å². The van der Waals surface area contributed by atoms with Gasteiger partial charge in [-0.2, -0.15) is 0 Å². The fourth-order valence-electron chi connectivity index (χ4n) is 6.10. The second-order valence-electron chi connectivity index (χ2n) is 9.29. The highest BCUT2D eigenvalue weighted by Gasteiger charge is 2.52. The number of anilines is 1. The smallest absolute Gasteiger partial charge is 0.255 e. The summed E-state index contributed by atoms with van der Waals surface area (Å²) in [7, 11) is -3.65. The van der Waals surface area contributed by atoms with Gasteiger partial charge in [-0.1, -0.05) is 0 Å². The van der Waals surface area contributed by atoms with Crippen LogP contribution in [0.5, 0.6) is 0 Å². The van der Waals surface area contributed by atoms with Crippen LogP contribution in [0.25, 0.3) is 0 Å². The molecule has 4 aliphatic carbocycles. The summed E-state index contributed by atoms with van der Waals surface area (Å²) in [5.74, 6) is 1.19. The lowest BCUT2D eigenvalue weighted by molar-refractivity contribution is -0.00810. The van der Waals surface area contributed by atoms with E-state index in [0.29, 0.717) is 29.0 Å². The van der Waals surface area contributed by atoms with Crippen molar-refractivity contribution in [2.24, 2.45) is 17.8 Å². The van der Waals surface area contributed by atoms with E-state index >= 15 is 0 Å². The zero-order chi connectivity index (χ0) is 20.9. The van der Waals surface area contributed by atoms with Crippen molar-refractivity contribution in [3.8, 4) is 0 Å². The van der Waals surface area contributed by atoms with Crippen LogP contribution in [-0.2, 0) is 10.0 Å². The number of halogens is 1. The van der Waals surface area contributed by atoms with Gasteiger partial charge in [0.15, 0.2) is 0 Å². The van der Waals surface area contributed by atoms with Crippen molar-refractivity contribution in [2.75, 3.05) is 5.32 Å². The molecule has 4 fully saturated rings. The van der Waals surface area contributed by atoms with E-state index in [2.05, 4.69) is 10.0 Å². The van der Waals surface area contributed by atoms with Crippen molar-refractivity contribution in [1.29, 1.82) is 0 Å². The summed E-state index contributed by atoms with van der Waals surface area (Å²) in [5, 5.41) is 2.68. The van der Waals surface area contributed by atoms with E-state index in [4.69, 9.17) is 0 Å². The fourth-order valence-corrected chi connectivity index (χ4v) is 7.53. The first-order valence-electron chi connectivity index (χ1n) is 10.5. The van der Waals surface area contributed by atoms with Crippen LogP contribution in [0.3, 0.4) is 0 Å². The van der Waals surface area contributed by atoms with Crippen molar-refractivity contribution in [3.05, 3.63) is 59.9 Å². The fraction of sp³-hybridized carbons (Fsp3) is 0.435. The summed E-state index contributed by atoms with van der Waals surface area (Å²) in [5.41, 5.74) is 0.515. The summed E-state index contributed by atoms with van der Waals surface area (Å²) in [6, 6.07) is 11.4. The standard InChI is InChI=1S/C23H25FN2O3S/c24-19-3-5-20(6-4-19)25-22(27)18-1-7-21(8-2-18)30(28,29)26-23-12-15-9-16(13-23)11-17(10-15)14-23/h1-8,15-17,26H,9-14H2,(H,25,27). The second kappa shape index (κ2) is 7.17. The molecule has 1 amide bonds. The SMILES string of the molecule is O=C(Nc1ccc(F)cc1)c1ccc(S(=O)(=O)NC23CC4CC(CC(C4)C2)C3)cc1. The molecule has 2 aromatic rings. The Morgan fingerprint density at radius 2 is 1.40 bits per heavy atom. The molecule has 6 rings (SSSR count). The molecule has 4 saturated carbocycles.